The lowest BCUT2D eigenvalue weighted by Crippen LogP contribution is -2.28. The summed E-state index contributed by atoms with van der Waals surface area (Å²) in [6.45, 7) is 9.79. The van der Waals surface area contributed by atoms with Gasteiger partial charge in [0.05, 0.1) is 29.3 Å². The van der Waals surface area contributed by atoms with Crippen LogP contribution in [0.2, 0.25) is 0 Å². The van der Waals surface area contributed by atoms with E-state index < -0.39 is 10.0 Å². The van der Waals surface area contributed by atoms with Crippen molar-refractivity contribution in [1.29, 1.82) is 0 Å². The molecule has 0 spiro atoms. The first kappa shape index (κ1) is 28.5. The predicted octanol–water partition coefficient (Wildman–Crippen LogP) is 3.39. The summed E-state index contributed by atoms with van der Waals surface area (Å²) >= 11 is 0. The Labute approximate surface area is 232 Å². The van der Waals surface area contributed by atoms with Crippen LogP contribution in [0.1, 0.15) is 37.4 Å². The van der Waals surface area contributed by atoms with Gasteiger partial charge in [0.25, 0.3) is 15.6 Å². The third-order valence-electron chi connectivity index (χ3n) is 5.92. The third-order valence-corrected chi connectivity index (χ3v) is 7.30. The highest BCUT2D eigenvalue weighted by molar-refractivity contribution is 7.92. The monoisotopic (exact) mass is 564 g/mol. The van der Waals surface area contributed by atoms with E-state index in [9.17, 15) is 13.2 Å². The number of aryl methyl sites for hydroxylation is 2. The number of nitrogens with two attached hydrogens (primary N) is 1. The Morgan fingerprint density at radius 1 is 1.23 bits per heavy atom. The van der Waals surface area contributed by atoms with Crippen molar-refractivity contribution in [1.82, 2.24) is 24.6 Å². The van der Waals surface area contributed by atoms with Crippen molar-refractivity contribution >= 4 is 27.6 Å². The molecule has 0 atom stereocenters. The molecule has 0 radical (unpaired) electrons. The SMILES string of the molecule is C=CN=CN(N)Cc1ccc(NS(=O)(=O)c2ccc(OCC)c(-c3nn4c(CCC)nc(C)c4c(=O)[nH]3)c2)cc1. The van der Waals surface area contributed by atoms with Gasteiger partial charge in [-0.25, -0.2) is 28.8 Å². The van der Waals surface area contributed by atoms with Crippen LogP contribution in [0.3, 0.4) is 0 Å². The van der Waals surface area contributed by atoms with E-state index in [1.54, 1.807) is 37.3 Å². The number of H-pyrrole nitrogens is 1. The van der Waals surface area contributed by atoms with Gasteiger partial charge in [-0.15, -0.1) is 5.10 Å². The van der Waals surface area contributed by atoms with Crippen molar-refractivity contribution in [2.45, 2.75) is 45.1 Å². The van der Waals surface area contributed by atoms with Gasteiger partial charge in [-0.1, -0.05) is 25.6 Å². The normalized spacial score (nSPS) is 11.7. The van der Waals surface area contributed by atoms with Gasteiger partial charge in [0.1, 0.15) is 17.9 Å². The van der Waals surface area contributed by atoms with Gasteiger partial charge in [0, 0.05) is 18.3 Å². The molecular formula is C27H32N8O4S. The minimum Gasteiger partial charge on any atom is -0.493 e. The molecule has 0 aliphatic carbocycles. The maximum Gasteiger partial charge on any atom is 0.277 e. The zero-order chi connectivity index (χ0) is 28.9. The lowest BCUT2D eigenvalue weighted by molar-refractivity contribution is 0.341. The summed E-state index contributed by atoms with van der Waals surface area (Å²) in [5.41, 5.74) is 2.10. The fourth-order valence-electron chi connectivity index (χ4n) is 4.16. The highest BCUT2D eigenvalue weighted by Gasteiger charge is 2.21. The van der Waals surface area contributed by atoms with Gasteiger partial charge in [-0.3, -0.25) is 14.5 Å². The second-order valence-corrected chi connectivity index (χ2v) is 10.6. The molecule has 0 saturated carbocycles. The first-order valence-electron chi connectivity index (χ1n) is 12.7. The smallest absolute Gasteiger partial charge is 0.277 e. The second-order valence-electron chi connectivity index (χ2n) is 8.94. The molecule has 0 saturated heterocycles. The number of aliphatic imine (C=N–C) groups is 1. The molecule has 210 valence electrons. The Hall–Kier alpha value is -4.49. The van der Waals surface area contributed by atoms with E-state index in [1.165, 1.54) is 34.2 Å². The number of anilines is 1. The Bertz CT molecular complexity index is 1710. The zero-order valence-corrected chi connectivity index (χ0v) is 23.4. The average Bonchev–Trinajstić information content (AvgIpc) is 3.24. The molecule has 0 aliphatic rings. The Morgan fingerprint density at radius 2 is 1.98 bits per heavy atom. The molecule has 0 amide bonds. The number of fused-ring (bicyclic) bond motifs is 1. The van der Waals surface area contributed by atoms with Crippen LogP contribution < -0.4 is 20.9 Å². The molecule has 2 heterocycles. The van der Waals surface area contributed by atoms with E-state index in [2.05, 4.69) is 31.4 Å². The second kappa shape index (κ2) is 12.1. The van der Waals surface area contributed by atoms with E-state index in [4.69, 9.17) is 10.6 Å². The van der Waals surface area contributed by atoms with Gasteiger partial charge in [0.15, 0.2) is 11.3 Å². The summed E-state index contributed by atoms with van der Waals surface area (Å²) < 4.78 is 36.5. The number of rotatable bonds is 12. The van der Waals surface area contributed by atoms with Crippen molar-refractivity contribution < 1.29 is 13.2 Å². The summed E-state index contributed by atoms with van der Waals surface area (Å²) in [5, 5.41) is 6.01. The highest BCUT2D eigenvalue weighted by Crippen LogP contribution is 2.31. The summed E-state index contributed by atoms with van der Waals surface area (Å²) in [7, 11) is -4.00. The summed E-state index contributed by atoms with van der Waals surface area (Å²) in [4.78, 5) is 24.1. The van der Waals surface area contributed by atoms with Crippen LogP contribution in [0.25, 0.3) is 16.9 Å². The van der Waals surface area contributed by atoms with E-state index in [0.29, 0.717) is 53.6 Å². The van der Waals surface area contributed by atoms with E-state index in [0.717, 1.165) is 12.0 Å². The number of nitrogens with zero attached hydrogens (tertiary/aromatic N) is 5. The van der Waals surface area contributed by atoms with Crippen LogP contribution in [0.5, 0.6) is 5.75 Å². The number of aromatic amines is 1. The molecular weight excluding hydrogens is 532 g/mol. The molecule has 4 aromatic rings. The molecule has 0 bridgehead atoms. The predicted molar refractivity (Wildman–Crippen MR) is 155 cm³/mol. The lowest BCUT2D eigenvalue weighted by Gasteiger charge is -2.14. The topological polar surface area (TPSA) is 160 Å². The number of benzene rings is 2. The van der Waals surface area contributed by atoms with Crippen molar-refractivity contribution in [2.75, 3.05) is 11.3 Å². The fourth-order valence-corrected chi connectivity index (χ4v) is 5.25. The summed E-state index contributed by atoms with van der Waals surface area (Å²) in [6.07, 6.45) is 4.26. The van der Waals surface area contributed by atoms with Gasteiger partial charge >= 0.3 is 0 Å². The molecule has 13 heteroatoms. The van der Waals surface area contributed by atoms with Crippen LogP contribution in [0.15, 0.2) is 69.9 Å². The molecule has 0 fully saturated rings. The van der Waals surface area contributed by atoms with E-state index in [-0.39, 0.29) is 16.3 Å². The molecule has 0 aliphatic heterocycles. The average molecular weight is 565 g/mol. The van der Waals surface area contributed by atoms with Gasteiger partial charge in [-0.2, -0.15) is 0 Å². The van der Waals surface area contributed by atoms with Crippen LogP contribution in [-0.4, -0.2) is 46.0 Å². The molecule has 40 heavy (non-hydrogen) atoms. The number of hydrogen-bond donors (Lipinski definition) is 3. The minimum atomic E-state index is -4.00. The van der Waals surface area contributed by atoms with Crippen LogP contribution in [-0.2, 0) is 23.0 Å². The highest BCUT2D eigenvalue weighted by atomic mass is 32.2. The first-order chi connectivity index (χ1) is 19.2. The Kier molecular flexibility index (Phi) is 8.65. The van der Waals surface area contributed by atoms with E-state index in [1.807, 2.05) is 13.8 Å². The number of sulfonamides is 1. The van der Waals surface area contributed by atoms with Gasteiger partial charge < -0.3 is 9.72 Å². The molecule has 0 unspecified atom stereocenters. The number of imidazole rings is 1. The van der Waals surface area contributed by atoms with Crippen LogP contribution in [0, 0.1) is 6.92 Å². The minimum absolute atomic E-state index is 0.0258. The molecule has 2 aromatic heterocycles. The number of hydrazine groups is 1. The summed E-state index contributed by atoms with van der Waals surface area (Å²) in [5.74, 6) is 7.06. The summed E-state index contributed by atoms with van der Waals surface area (Å²) in [6, 6.07) is 11.2. The van der Waals surface area contributed by atoms with Crippen molar-refractivity contribution in [3.05, 3.63) is 82.7 Å². The Morgan fingerprint density at radius 3 is 2.65 bits per heavy atom. The third kappa shape index (κ3) is 6.21. The maximum absolute atomic E-state index is 13.3. The van der Waals surface area contributed by atoms with E-state index >= 15 is 0 Å². The Balaban J connectivity index is 1.68. The largest absolute Gasteiger partial charge is 0.493 e. The molecule has 12 nitrogen and oxygen atoms in total. The first-order valence-corrected chi connectivity index (χ1v) is 14.2. The number of nitrogens with one attached hydrogen (secondary N) is 2. The van der Waals surface area contributed by atoms with Crippen LogP contribution in [0.4, 0.5) is 5.69 Å². The van der Waals surface area contributed by atoms with Crippen molar-refractivity contribution in [2.24, 2.45) is 10.8 Å². The zero-order valence-electron chi connectivity index (χ0n) is 22.6. The number of aromatic nitrogens is 4. The molecule has 2 aromatic carbocycles. The quantitative estimate of drug-likeness (QED) is 0.102. The van der Waals surface area contributed by atoms with Crippen molar-refractivity contribution in [3.8, 4) is 17.1 Å². The lowest BCUT2D eigenvalue weighted by atomic mass is 10.2. The van der Waals surface area contributed by atoms with Gasteiger partial charge in [0.2, 0.25) is 0 Å². The maximum atomic E-state index is 13.3. The van der Waals surface area contributed by atoms with Crippen LogP contribution >= 0.6 is 0 Å². The van der Waals surface area contributed by atoms with Crippen molar-refractivity contribution in [3.63, 3.8) is 0 Å². The molecule has 4 N–H and O–H groups in total. The standard InChI is InChI=1S/C27H32N8O4S/c1-5-8-24-30-18(4)25-27(36)31-26(32-35(24)25)22-15-21(13-14-23(22)39-7-3)40(37,38)33-20-11-9-19(10-12-20)16-34(28)17-29-6-2/h6,9-15,17,33H,2,5,7-8,16,28H2,1,3-4H3,(H,31,32,36). The number of hydrogen-bond acceptors (Lipinski definition) is 8. The fraction of sp³-hybridized carbons (Fsp3) is 0.259. The van der Waals surface area contributed by atoms with Gasteiger partial charge in [-0.05, 0) is 56.2 Å². The number of ether oxygens (including phenoxy) is 1. The molecule has 4 rings (SSSR count).